The highest BCUT2D eigenvalue weighted by atomic mass is 16.2. The number of rotatable bonds is 6. The molecule has 3 aromatic rings. The van der Waals surface area contributed by atoms with E-state index in [0.717, 1.165) is 32.1 Å². The van der Waals surface area contributed by atoms with Gasteiger partial charge in [0.1, 0.15) is 0 Å². The van der Waals surface area contributed by atoms with Gasteiger partial charge in [-0.05, 0) is 66.0 Å². The van der Waals surface area contributed by atoms with Gasteiger partial charge in [0, 0.05) is 18.4 Å². The molecule has 2 N–H and O–H groups in total. The summed E-state index contributed by atoms with van der Waals surface area (Å²) in [5.41, 5.74) is 3.46. The second-order valence-corrected chi connectivity index (χ2v) is 9.40. The van der Waals surface area contributed by atoms with Gasteiger partial charge >= 0.3 is 0 Å². The van der Waals surface area contributed by atoms with Gasteiger partial charge in [0.15, 0.2) is 0 Å². The molecule has 1 fully saturated rings. The molecule has 5 rings (SSSR count). The van der Waals surface area contributed by atoms with Crippen LogP contribution in [0.2, 0.25) is 0 Å². The van der Waals surface area contributed by atoms with Gasteiger partial charge < -0.3 is 10.6 Å². The molecule has 32 heavy (non-hydrogen) atoms. The first-order valence-electron chi connectivity index (χ1n) is 11.8. The number of amides is 2. The Kier molecular flexibility index (Phi) is 5.69. The van der Waals surface area contributed by atoms with Gasteiger partial charge in [-0.2, -0.15) is 0 Å². The van der Waals surface area contributed by atoms with E-state index in [9.17, 15) is 9.59 Å². The molecule has 1 aliphatic heterocycles. The van der Waals surface area contributed by atoms with Crippen LogP contribution in [0.15, 0.2) is 66.7 Å². The number of carbonyl (C=O) groups is 2. The van der Waals surface area contributed by atoms with Gasteiger partial charge in [-0.1, -0.05) is 66.7 Å². The van der Waals surface area contributed by atoms with Crippen molar-refractivity contribution in [2.24, 2.45) is 0 Å². The molecule has 0 aromatic heterocycles. The van der Waals surface area contributed by atoms with Crippen molar-refractivity contribution in [2.75, 3.05) is 0 Å². The van der Waals surface area contributed by atoms with Crippen LogP contribution in [0.25, 0.3) is 10.8 Å². The molecular weight excluding hydrogens is 396 g/mol. The highest BCUT2D eigenvalue weighted by Crippen LogP contribution is 2.32. The number of hydrogen-bond donors (Lipinski definition) is 2. The van der Waals surface area contributed by atoms with Crippen molar-refractivity contribution in [2.45, 2.75) is 62.9 Å². The minimum Gasteiger partial charge on any atom is -0.350 e. The van der Waals surface area contributed by atoms with Crippen LogP contribution in [-0.2, 0) is 22.4 Å². The smallest absolute Gasteiger partial charge is 0.220 e. The van der Waals surface area contributed by atoms with Crippen molar-refractivity contribution in [3.63, 3.8) is 0 Å². The average Bonchev–Trinajstić information content (AvgIpc) is 3.18. The Bertz CT molecular complexity index is 1150. The highest BCUT2D eigenvalue weighted by molar-refractivity contribution is 5.83. The molecule has 2 aliphatic rings. The minimum absolute atomic E-state index is 0.0748. The zero-order valence-corrected chi connectivity index (χ0v) is 18.4. The first-order valence-corrected chi connectivity index (χ1v) is 11.8. The lowest BCUT2D eigenvalue weighted by Crippen LogP contribution is -2.44. The standard InChI is InChI=1S/C28H30N2O2/c31-26(29-25-11-5-9-22-7-3-4-10-24(22)25)14-16-28(17-15-27(32)30-28)19-20-12-13-21-6-1-2-8-23(21)18-20/h1-4,6-8,10,12-13,18,25H,5,9,11,14-17,19H2,(H,29,31)(H,30,32). The van der Waals surface area contributed by atoms with Crippen LogP contribution in [0.3, 0.4) is 0 Å². The predicted octanol–water partition coefficient (Wildman–Crippen LogP) is 5.01. The first-order chi connectivity index (χ1) is 15.6. The molecule has 0 spiro atoms. The Morgan fingerprint density at radius 3 is 2.66 bits per heavy atom. The van der Waals surface area contributed by atoms with E-state index in [4.69, 9.17) is 0 Å². The molecule has 4 nitrogen and oxygen atoms in total. The van der Waals surface area contributed by atoms with E-state index in [-0.39, 0.29) is 23.4 Å². The van der Waals surface area contributed by atoms with Crippen LogP contribution in [0.5, 0.6) is 0 Å². The van der Waals surface area contributed by atoms with Crippen LogP contribution < -0.4 is 10.6 Å². The molecule has 164 valence electrons. The quantitative estimate of drug-likeness (QED) is 0.582. The molecule has 1 aliphatic carbocycles. The summed E-state index contributed by atoms with van der Waals surface area (Å²) < 4.78 is 0. The Morgan fingerprint density at radius 1 is 1.00 bits per heavy atom. The molecule has 0 bridgehead atoms. The highest BCUT2D eigenvalue weighted by Gasteiger charge is 2.38. The zero-order chi connectivity index (χ0) is 22.0. The number of nitrogens with one attached hydrogen (secondary N) is 2. The van der Waals surface area contributed by atoms with Gasteiger partial charge in [-0.15, -0.1) is 0 Å². The molecule has 2 amide bonds. The summed E-state index contributed by atoms with van der Waals surface area (Å²) in [4.78, 5) is 25.1. The predicted molar refractivity (Wildman–Crippen MR) is 127 cm³/mol. The summed E-state index contributed by atoms with van der Waals surface area (Å²) in [6, 6.07) is 23.3. The van der Waals surface area contributed by atoms with E-state index in [2.05, 4.69) is 65.2 Å². The molecule has 1 heterocycles. The first kappa shape index (κ1) is 20.7. The molecular formula is C28H30N2O2. The second-order valence-electron chi connectivity index (χ2n) is 9.40. The van der Waals surface area contributed by atoms with Crippen molar-refractivity contribution in [1.29, 1.82) is 0 Å². The molecule has 0 radical (unpaired) electrons. The van der Waals surface area contributed by atoms with E-state index >= 15 is 0 Å². The fourth-order valence-corrected chi connectivity index (χ4v) is 5.44. The Hall–Kier alpha value is -3.14. The van der Waals surface area contributed by atoms with E-state index in [1.54, 1.807) is 0 Å². The topological polar surface area (TPSA) is 58.2 Å². The molecule has 2 atom stereocenters. The molecule has 3 aromatic carbocycles. The Labute approximate surface area is 189 Å². The maximum atomic E-state index is 12.9. The summed E-state index contributed by atoms with van der Waals surface area (Å²) in [6.07, 6.45) is 6.32. The van der Waals surface area contributed by atoms with Crippen LogP contribution in [0.1, 0.15) is 61.3 Å². The number of benzene rings is 3. The number of hydrogen-bond acceptors (Lipinski definition) is 2. The van der Waals surface area contributed by atoms with Crippen LogP contribution in [-0.4, -0.2) is 17.4 Å². The van der Waals surface area contributed by atoms with Crippen molar-refractivity contribution in [3.05, 3.63) is 83.4 Å². The van der Waals surface area contributed by atoms with Gasteiger partial charge in [-0.25, -0.2) is 0 Å². The fraction of sp³-hybridized carbons (Fsp3) is 0.357. The number of aryl methyl sites for hydroxylation is 1. The normalized spacial score (nSPS) is 22.4. The van der Waals surface area contributed by atoms with E-state index < -0.39 is 0 Å². The van der Waals surface area contributed by atoms with Crippen LogP contribution in [0, 0.1) is 0 Å². The summed E-state index contributed by atoms with van der Waals surface area (Å²) in [7, 11) is 0. The summed E-state index contributed by atoms with van der Waals surface area (Å²) in [5, 5.41) is 8.91. The maximum absolute atomic E-state index is 12.9. The lowest BCUT2D eigenvalue weighted by molar-refractivity contribution is -0.123. The van der Waals surface area contributed by atoms with Crippen molar-refractivity contribution < 1.29 is 9.59 Å². The van der Waals surface area contributed by atoms with Gasteiger partial charge in [0.2, 0.25) is 11.8 Å². The van der Waals surface area contributed by atoms with Crippen LogP contribution in [0.4, 0.5) is 0 Å². The largest absolute Gasteiger partial charge is 0.350 e. The average molecular weight is 427 g/mol. The Balaban J connectivity index is 1.27. The summed E-state index contributed by atoms with van der Waals surface area (Å²) in [6.45, 7) is 0. The zero-order valence-electron chi connectivity index (χ0n) is 18.4. The van der Waals surface area contributed by atoms with Gasteiger partial charge in [-0.3, -0.25) is 9.59 Å². The van der Waals surface area contributed by atoms with E-state index in [0.29, 0.717) is 19.3 Å². The third-order valence-corrected chi connectivity index (χ3v) is 7.13. The number of carbonyl (C=O) groups excluding carboxylic acids is 2. The van der Waals surface area contributed by atoms with Crippen LogP contribution >= 0.6 is 0 Å². The van der Waals surface area contributed by atoms with Crippen molar-refractivity contribution in [1.82, 2.24) is 10.6 Å². The second kappa shape index (κ2) is 8.78. The van der Waals surface area contributed by atoms with Gasteiger partial charge in [0.05, 0.1) is 6.04 Å². The monoisotopic (exact) mass is 426 g/mol. The van der Waals surface area contributed by atoms with Crippen molar-refractivity contribution >= 4 is 22.6 Å². The summed E-state index contributed by atoms with van der Waals surface area (Å²) >= 11 is 0. The minimum atomic E-state index is -0.346. The molecule has 1 saturated heterocycles. The molecule has 4 heteroatoms. The third-order valence-electron chi connectivity index (χ3n) is 7.13. The van der Waals surface area contributed by atoms with E-state index in [1.165, 1.54) is 27.5 Å². The third kappa shape index (κ3) is 4.40. The lowest BCUT2D eigenvalue weighted by Gasteiger charge is -2.30. The molecule has 2 unspecified atom stereocenters. The van der Waals surface area contributed by atoms with Gasteiger partial charge in [0.25, 0.3) is 0 Å². The Morgan fingerprint density at radius 2 is 1.81 bits per heavy atom. The number of fused-ring (bicyclic) bond motifs is 2. The summed E-state index contributed by atoms with van der Waals surface area (Å²) in [5.74, 6) is 0.165. The van der Waals surface area contributed by atoms with Crippen molar-refractivity contribution in [3.8, 4) is 0 Å². The van der Waals surface area contributed by atoms with E-state index in [1.807, 2.05) is 12.1 Å². The fourth-order valence-electron chi connectivity index (χ4n) is 5.44. The SMILES string of the molecule is O=C(CCC1(Cc2ccc3ccccc3c2)CCC(=O)N1)NC1CCCc2ccccc21. The molecule has 0 saturated carbocycles. The lowest BCUT2D eigenvalue weighted by atomic mass is 9.84. The maximum Gasteiger partial charge on any atom is 0.220 e.